The molecule has 10 heteroatoms. The van der Waals surface area contributed by atoms with E-state index in [-0.39, 0.29) is 26.2 Å². The molecule has 0 aliphatic carbocycles. The van der Waals surface area contributed by atoms with Crippen molar-refractivity contribution in [3.63, 3.8) is 0 Å². The van der Waals surface area contributed by atoms with E-state index >= 15 is 0 Å². The maximum absolute atomic E-state index is 11.2. The van der Waals surface area contributed by atoms with E-state index in [9.17, 15) is 9.59 Å². The molecule has 0 aliphatic rings. The van der Waals surface area contributed by atoms with Gasteiger partial charge >= 0.3 is 11.9 Å². The van der Waals surface area contributed by atoms with E-state index in [1.165, 1.54) is 13.2 Å². The van der Waals surface area contributed by atoms with Crippen molar-refractivity contribution in [2.75, 3.05) is 20.3 Å². The van der Waals surface area contributed by atoms with Gasteiger partial charge in [0.05, 0.1) is 29.3 Å². The Morgan fingerprint density at radius 3 is 1.68 bits per heavy atom. The molecule has 0 atom stereocenters. The first kappa shape index (κ1) is 31.0. The second-order valence-corrected chi connectivity index (χ2v) is 7.17. The highest BCUT2D eigenvalue weighted by atomic mass is 79.9. The summed E-state index contributed by atoms with van der Waals surface area (Å²) >= 11 is 6.52. The first-order chi connectivity index (χ1) is 13.8. The number of halogens is 2. The molecule has 2 aromatic rings. The van der Waals surface area contributed by atoms with E-state index < -0.39 is 11.9 Å². The third kappa shape index (κ3) is 10.6. The highest BCUT2D eigenvalue weighted by molar-refractivity contribution is 9.10. The second-order valence-electron chi connectivity index (χ2n) is 5.46. The zero-order valence-electron chi connectivity index (χ0n) is 16.3. The Hall–Kier alpha value is -2.20. The van der Waals surface area contributed by atoms with Crippen LogP contribution in [0.4, 0.5) is 0 Å². The molecule has 2 heterocycles. The van der Waals surface area contributed by atoms with E-state index in [0.717, 1.165) is 17.3 Å². The summed E-state index contributed by atoms with van der Waals surface area (Å²) in [4.78, 5) is 29.7. The maximum atomic E-state index is 11.2. The highest BCUT2D eigenvalue weighted by Gasteiger charge is 2.11. The predicted molar refractivity (Wildman–Crippen MR) is 127 cm³/mol. The number of pyridine rings is 2. The van der Waals surface area contributed by atoms with Gasteiger partial charge in [-0.2, -0.15) is 0 Å². The van der Waals surface area contributed by atoms with Gasteiger partial charge in [0.2, 0.25) is 11.8 Å². The maximum Gasteiger partial charge on any atom is 0.356 e. The molecule has 0 fully saturated rings. The van der Waals surface area contributed by atoms with Gasteiger partial charge in [-0.1, -0.05) is 28.7 Å². The Morgan fingerprint density at radius 2 is 1.29 bits per heavy atom. The number of carbonyl (C=O) groups excluding carboxylic acids is 1. The lowest BCUT2D eigenvalue weighted by Gasteiger charge is -2.06. The molecule has 0 aromatic carbocycles. The number of esters is 1. The number of carboxylic acid groups (broad SMARTS) is 1. The molecular formula is C21H30Br2N2O6. The van der Waals surface area contributed by atoms with Crippen LogP contribution in [-0.4, -0.2) is 47.3 Å². The standard InChI is InChI=1S/C10H12BrNO3.C9H10BrNO3.2CH4/c1-3-6-15-9-7(11)4-5-8(12-9)10(13)14-2;1-2-5-14-8-6(10)3-4-7(11-8)9(12)13;;/h4-5H,3,6H2,1-2H3;3-4H,2,5H2,1H3,(H,12,13);2*1H4. The normalized spacial score (nSPS) is 9.19. The molecule has 1 N–H and O–H groups in total. The highest BCUT2D eigenvalue weighted by Crippen LogP contribution is 2.23. The molecule has 0 bridgehead atoms. The average Bonchev–Trinajstić information content (AvgIpc) is 2.72. The van der Waals surface area contributed by atoms with Gasteiger partial charge in [0.25, 0.3) is 0 Å². The zero-order chi connectivity index (χ0) is 21.8. The molecule has 0 saturated carbocycles. The fourth-order valence-corrected chi connectivity index (χ4v) is 2.45. The van der Waals surface area contributed by atoms with Gasteiger partial charge in [-0.25, -0.2) is 19.6 Å². The van der Waals surface area contributed by atoms with Crippen LogP contribution in [0.2, 0.25) is 0 Å². The van der Waals surface area contributed by atoms with E-state index in [1.807, 2.05) is 13.8 Å². The third-order valence-electron chi connectivity index (χ3n) is 3.13. The van der Waals surface area contributed by atoms with Crippen molar-refractivity contribution in [2.45, 2.75) is 41.5 Å². The Labute approximate surface area is 200 Å². The molecule has 0 spiro atoms. The fraction of sp³-hybridized carbons (Fsp3) is 0.429. The van der Waals surface area contributed by atoms with Gasteiger partial charge in [0.1, 0.15) is 0 Å². The van der Waals surface area contributed by atoms with Crippen LogP contribution >= 0.6 is 31.9 Å². The lowest BCUT2D eigenvalue weighted by Crippen LogP contribution is -2.06. The Balaban J connectivity index is 0. The lowest BCUT2D eigenvalue weighted by molar-refractivity contribution is 0.0591. The third-order valence-corrected chi connectivity index (χ3v) is 4.33. The molecule has 0 saturated heterocycles. The Morgan fingerprint density at radius 1 is 0.871 bits per heavy atom. The van der Waals surface area contributed by atoms with Gasteiger partial charge in [-0.3, -0.25) is 0 Å². The Bertz CT molecular complexity index is 834. The number of aromatic nitrogens is 2. The van der Waals surface area contributed by atoms with Crippen molar-refractivity contribution >= 4 is 43.8 Å². The molecule has 2 aromatic heterocycles. The number of rotatable bonds is 8. The molecular weight excluding hydrogens is 536 g/mol. The summed E-state index contributed by atoms with van der Waals surface area (Å²) in [6, 6.07) is 6.33. The molecule has 0 unspecified atom stereocenters. The molecule has 0 aliphatic heterocycles. The SMILES string of the molecule is C.C.CCCOc1nc(C(=O)O)ccc1Br.CCCOc1nc(C(=O)OC)ccc1Br. The smallest absolute Gasteiger partial charge is 0.356 e. The summed E-state index contributed by atoms with van der Waals surface area (Å²) < 4.78 is 16.6. The molecule has 8 nitrogen and oxygen atoms in total. The minimum absolute atomic E-state index is 0. The quantitative estimate of drug-likeness (QED) is 0.387. The van der Waals surface area contributed by atoms with Gasteiger partial charge in [-0.15, -0.1) is 0 Å². The van der Waals surface area contributed by atoms with Crippen LogP contribution in [0.1, 0.15) is 62.5 Å². The van der Waals surface area contributed by atoms with Gasteiger partial charge in [0.15, 0.2) is 11.4 Å². The van der Waals surface area contributed by atoms with E-state index in [0.29, 0.717) is 29.4 Å². The number of nitrogens with zero attached hydrogens (tertiary/aromatic N) is 2. The van der Waals surface area contributed by atoms with Crippen molar-refractivity contribution in [3.8, 4) is 11.8 Å². The summed E-state index contributed by atoms with van der Waals surface area (Å²) in [5, 5.41) is 8.69. The van der Waals surface area contributed by atoms with Crippen molar-refractivity contribution in [3.05, 3.63) is 44.6 Å². The molecule has 0 radical (unpaired) electrons. The first-order valence-corrected chi connectivity index (χ1v) is 10.3. The van der Waals surface area contributed by atoms with Crippen LogP contribution in [0.5, 0.6) is 11.8 Å². The minimum atomic E-state index is -1.06. The average molecular weight is 566 g/mol. The lowest BCUT2D eigenvalue weighted by atomic mass is 10.3. The van der Waals surface area contributed by atoms with Crippen LogP contribution in [0.25, 0.3) is 0 Å². The summed E-state index contributed by atoms with van der Waals surface area (Å²) in [7, 11) is 1.32. The molecule has 174 valence electrons. The van der Waals surface area contributed by atoms with Crippen molar-refractivity contribution in [1.82, 2.24) is 9.97 Å². The summed E-state index contributed by atoms with van der Waals surface area (Å²) in [5.74, 6) is -0.783. The number of carboxylic acids is 1. The monoisotopic (exact) mass is 564 g/mol. The fourth-order valence-electron chi connectivity index (χ4n) is 1.78. The van der Waals surface area contributed by atoms with Crippen LogP contribution in [0, 0.1) is 0 Å². The van der Waals surface area contributed by atoms with Crippen molar-refractivity contribution < 1.29 is 28.9 Å². The summed E-state index contributed by atoms with van der Waals surface area (Å²) in [5.41, 5.74) is 0.228. The van der Waals surface area contributed by atoms with E-state index in [2.05, 4.69) is 46.6 Å². The molecule has 0 amide bonds. The number of methoxy groups -OCH3 is 1. The summed E-state index contributed by atoms with van der Waals surface area (Å²) in [6.45, 7) is 5.05. The van der Waals surface area contributed by atoms with Gasteiger partial charge in [0, 0.05) is 0 Å². The van der Waals surface area contributed by atoms with Gasteiger partial charge < -0.3 is 19.3 Å². The largest absolute Gasteiger partial charge is 0.477 e. The van der Waals surface area contributed by atoms with Crippen molar-refractivity contribution in [2.24, 2.45) is 0 Å². The number of ether oxygens (including phenoxy) is 3. The predicted octanol–water partition coefficient (Wildman–Crippen LogP) is 6.02. The molecule has 31 heavy (non-hydrogen) atoms. The van der Waals surface area contributed by atoms with Crippen LogP contribution < -0.4 is 9.47 Å². The Kier molecular flexibility index (Phi) is 16.5. The summed E-state index contributed by atoms with van der Waals surface area (Å²) in [6.07, 6.45) is 1.74. The number of carbonyl (C=O) groups is 2. The van der Waals surface area contributed by atoms with Crippen LogP contribution in [0.15, 0.2) is 33.2 Å². The van der Waals surface area contributed by atoms with E-state index in [1.54, 1.807) is 18.2 Å². The number of hydrogen-bond donors (Lipinski definition) is 1. The minimum Gasteiger partial charge on any atom is -0.477 e. The number of aromatic carboxylic acids is 1. The van der Waals surface area contributed by atoms with Gasteiger partial charge in [-0.05, 0) is 69.0 Å². The zero-order valence-corrected chi connectivity index (χ0v) is 19.4. The van der Waals surface area contributed by atoms with Crippen molar-refractivity contribution in [1.29, 1.82) is 0 Å². The van der Waals surface area contributed by atoms with Crippen LogP contribution in [0.3, 0.4) is 0 Å². The first-order valence-electron chi connectivity index (χ1n) is 8.74. The second kappa shape index (κ2) is 16.5. The number of hydrogen-bond acceptors (Lipinski definition) is 7. The van der Waals surface area contributed by atoms with Crippen LogP contribution in [-0.2, 0) is 4.74 Å². The topological polar surface area (TPSA) is 108 Å². The van der Waals surface area contributed by atoms with E-state index in [4.69, 9.17) is 14.6 Å². The molecule has 2 rings (SSSR count).